The van der Waals surface area contributed by atoms with E-state index in [1.54, 1.807) is 0 Å². The van der Waals surface area contributed by atoms with E-state index in [4.69, 9.17) is 0 Å². The number of aromatic nitrogens is 2. The van der Waals surface area contributed by atoms with Crippen LogP contribution < -0.4 is 5.32 Å². The molecule has 0 spiro atoms. The van der Waals surface area contributed by atoms with Crippen molar-refractivity contribution in [1.82, 2.24) is 9.97 Å². The van der Waals surface area contributed by atoms with E-state index in [2.05, 4.69) is 31.2 Å². The van der Waals surface area contributed by atoms with Crippen LogP contribution in [0.4, 0.5) is 5.95 Å². The number of benzene rings is 1. The van der Waals surface area contributed by atoms with E-state index in [-0.39, 0.29) is 23.0 Å². The van der Waals surface area contributed by atoms with Crippen LogP contribution in [-0.2, 0) is 0 Å². The molecule has 0 bridgehead atoms. The first kappa shape index (κ1) is 12.3. The average Bonchev–Trinajstić information content (AvgIpc) is 2.31. The second kappa shape index (κ2) is 5.01. The van der Waals surface area contributed by atoms with Crippen LogP contribution in [0.5, 0.6) is 11.5 Å². The van der Waals surface area contributed by atoms with Crippen LogP contribution in [0.15, 0.2) is 35.1 Å². The summed E-state index contributed by atoms with van der Waals surface area (Å²) in [6.45, 7) is 0. The van der Waals surface area contributed by atoms with Gasteiger partial charge >= 0.3 is 0 Å². The SMILES string of the molecule is O=C(Nc1ncc(Br)cn1)c1cc(O)cc(O)c1. The number of anilines is 1. The van der Waals surface area contributed by atoms with E-state index in [1.165, 1.54) is 24.5 Å². The van der Waals surface area contributed by atoms with Crippen molar-refractivity contribution >= 4 is 27.8 Å². The molecular formula is C11H8BrN3O3. The Hall–Kier alpha value is -2.15. The summed E-state index contributed by atoms with van der Waals surface area (Å²) < 4.78 is 0.690. The van der Waals surface area contributed by atoms with Gasteiger partial charge in [-0.3, -0.25) is 10.1 Å². The van der Waals surface area contributed by atoms with Crippen LogP contribution in [-0.4, -0.2) is 26.1 Å². The molecule has 1 amide bonds. The van der Waals surface area contributed by atoms with E-state index < -0.39 is 5.91 Å². The van der Waals surface area contributed by atoms with Crippen molar-refractivity contribution in [3.8, 4) is 11.5 Å². The first-order valence-corrected chi connectivity index (χ1v) is 5.66. The Labute approximate surface area is 110 Å². The van der Waals surface area contributed by atoms with Gasteiger partial charge in [-0.05, 0) is 28.1 Å². The monoisotopic (exact) mass is 309 g/mol. The number of nitrogens with one attached hydrogen (secondary N) is 1. The van der Waals surface area contributed by atoms with Gasteiger partial charge in [0.25, 0.3) is 5.91 Å². The highest BCUT2D eigenvalue weighted by Gasteiger charge is 2.10. The molecule has 0 saturated carbocycles. The molecule has 1 aromatic carbocycles. The molecule has 0 aliphatic heterocycles. The summed E-state index contributed by atoms with van der Waals surface area (Å²) in [6, 6.07) is 3.59. The van der Waals surface area contributed by atoms with Gasteiger partial charge < -0.3 is 10.2 Å². The highest BCUT2D eigenvalue weighted by Crippen LogP contribution is 2.20. The number of carbonyl (C=O) groups excluding carboxylic acids is 1. The largest absolute Gasteiger partial charge is 0.508 e. The number of phenolic OH excluding ortho intramolecular Hbond substituents is 2. The molecule has 0 aliphatic carbocycles. The van der Waals surface area contributed by atoms with Gasteiger partial charge in [-0.2, -0.15) is 0 Å². The standard InChI is InChI=1S/C11H8BrN3O3/c12-7-4-13-11(14-5-7)15-10(18)6-1-8(16)3-9(17)2-6/h1-5,16-17H,(H,13,14,15,18). The smallest absolute Gasteiger partial charge is 0.258 e. The summed E-state index contributed by atoms with van der Waals surface area (Å²) in [6.07, 6.45) is 2.98. The van der Waals surface area contributed by atoms with Gasteiger partial charge in [-0.25, -0.2) is 9.97 Å². The van der Waals surface area contributed by atoms with Gasteiger partial charge in [-0.15, -0.1) is 0 Å². The number of amides is 1. The highest BCUT2D eigenvalue weighted by molar-refractivity contribution is 9.10. The zero-order valence-corrected chi connectivity index (χ0v) is 10.5. The minimum absolute atomic E-state index is 0.110. The maximum atomic E-state index is 11.8. The molecule has 2 aromatic rings. The van der Waals surface area contributed by atoms with E-state index in [0.717, 1.165) is 6.07 Å². The lowest BCUT2D eigenvalue weighted by atomic mass is 10.2. The van der Waals surface area contributed by atoms with E-state index in [9.17, 15) is 15.0 Å². The van der Waals surface area contributed by atoms with Crippen molar-refractivity contribution in [3.63, 3.8) is 0 Å². The Morgan fingerprint density at radius 3 is 2.22 bits per heavy atom. The van der Waals surface area contributed by atoms with Crippen molar-refractivity contribution in [2.24, 2.45) is 0 Å². The molecule has 1 aromatic heterocycles. The summed E-state index contributed by atoms with van der Waals surface area (Å²) in [5.74, 6) is -0.789. The number of hydrogen-bond donors (Lipinski definition) is 3. The third-order valence-electron chi connectivity index (χ3n) is 2.01. The lowest BCUT2D eigenvalue weighted by Gasteiger charge is -2.04. The normalized spacial score (nSPS) is 10.1. The third kappa shape index (κ3) is 2.95. The molecule has 0 radical (unpaired) electrons. The van der Waals surface area contributed by atoms with Crippen LogP contribution >= 0.6 is 15.9 Å². The summed E-state index contributed by atoms with van der Waals surface area (Å²) in [4.78, 5) is 19.5. The summed E-state index contributed by atoms with van der Waals surface area (Å²) in [7, 11) is 0. The molecule has 0 atom stereocenters. The lowest BCUT2D eigenvalue weighted by molar-refractivity contribution is 0.102. The Morgan fingerprint density at radius 1 is 1.11 bits per heavy atom. The second-order valence-electron chi connectivity index (χ2n) is 3.42. The van der Waals surface area contributed by atoms with E-state index in [0.29, 0.717) is 4.47 Å². The van der Waals surface area contributed by atoms with Crippen LogP contribution in [0.3, 0.4) is 0 Å². The minimum Gasteiger partial charge on any atom is -0.508 e. The second-order valence-corrected chi connectivity index (χ2v) is 4.33. The molecular weight excluding hydrogens is 302 g/mol. The number of nitrogens with zero attached hydrogens (tertiary/aromatic N) is 2. The van der Waals surface area contributed by atoms with Crippen LogP contribution in [0.2, 0.25) is 0 Å². The number of hydrogen-bond acceptors (Lipinski definition) is 5. The predicted molar refractivity (Wildman–Crippen MR) is 67.5 cm³/mol. The van der Waals surface area contributed by atoms with Crippen LogP contribution in [0, 0.1) is 0 Å². The van der Waals surface area contributed by atoms with Crippen LogP contribution in [0.1, 0.15) is 10.4 Å². The Kier molecular flexibility index (Phi) is 3.42. The minimum atomic E-state index is -0.525. The van der Waals surface area contributed by atoms with Gasteiger partial charge in [0.1, 0.15) is 11.5 Å². The van der Waals surface area contributed by atoms with E-state index in [1.807, 2.05) is 0 Å². The maximum absolute atomic E-state index is 11.8. The van der Waals surface area contributed by atoms with Crippen molar-refractivity contribution in [2.45, 2.75) is 0 Å². The quantitative estimate of drug-likeness (QED) is 0.787. The summed E-state index contributed by atoms with van der Waals surface area (Å²) in [5, 5.41) is 21.0. The third-order valence-corrected chi connectivity index (χ3v) is 2.42. The van der Waals surface area contributed by atoms with E-state index >= 15 is 0 Å². The van der Waals surface area contributed by atoms with Crippen molar-refractivity contribution in [2.75, 3.05) is 5.32 Å². The highest BCUT2D eigenvalue weighted by atomic mass is 79.9. The van der Waals surface area contributed by atoms with Gasteiger partial charge in [0.05, 0.1) is 4.47 Å². The Bertz CT molecular complexity index is 566. The lowest BCUT2D eigenvalue weighted by Crippen LogP contribution is -2.13. The van der Waals surface area contributed by atoms with Crippen molar-refractivity contribution < 1.29 is 15.0 Å². The molecule has 7 heteroatoms. The molecule has 0 saturated heterocycles. The molecule has 0 unspecified atom stereocenters. The number of aromatic hydroxyl groups is 2. The fraction of sp³-hybridized carbons (Fsp3) is 0. The topological polar surface area (TPSA) is 95.3 Å². The Balaban J connectivity index is 2.19. The molecule has 18 heavy (non-hydrogen) atoms. The summed E-state index contributed by atoms with van der Waals surface area (Å²) in [5.41, 5.74) is 0.110. The van der Waals surface area contributed by atoms with Gasteiger partial charge in [-0.1, -0.05) is 0 Å². The number of rotatable bonds is 2. The zero-order valence-electron chi connectivity index (χ0n) is 8.96. The maximum Gasteiger partial charge on any atom is 0.258 e. The number of phenols is 2. The molecule has 3 N–H and O–H groups in total. The first-order chi connectivity index (χ1) is 8.54. The molecule has 2 rings (SSSR count). The first-order valence-electron chi connectivity index (χ1n) is 4.86. The molecule has 1 heterocycles. The van der Waals surface area contributed by atoms with Gasteiger partial charge in [0.15, 0.2) is 0 Å². The van der Waals surface area contributed by atoms with Gasteiger partial charge in [0, 0.05) is 24.0 Å². The molecule has 6 nitrogen and oxygen atoms in total. The number of carbonyl (C=O) groups is 1. The molecule has 92 valence electrons. The molecule has 0 fully saturated rings. The average molecular weight is 310 g/mol. The van der Waals surface area contributed by atoms with Gasteiger partial charge in [0.2, 0.25) is 5.95 Å². The summed E-state index contributed by atoms with van der Waals surface area (Å²) >= 11 is 3.17. The fourth-order valence-electron chi connectivity index (χ4n) is 1.28. The predicted octanol–water partition coefficient (Wildman–Crippen LogP) is 1.90. The Morgan fingerprint density at radius 2 is 1.67 bits per heavy atom. The van der Waals surface area contributed by atoms with Crippen LogP contribution in [0.25, 0.3) is 0 Å². The fourth-order valence-corrected chi connectivity index (χ4v) is 1.48. The zero-order chi connectivity index (χ0) is 13.1. The van der Waals surface area contributed by atoms with Crippen molar-refractivity contribution in [1.29, 1.82) is 0 Å². The molecule has 0 aliphatic rings. The number of halogens is 1. The van der Waals surface area contributed by atoms with Crippen molar-refractivity contribution in [3.05, 3.63) is 40.6 Å².